The minimum atomic E-state index is -0.501. The lowest BCUT2D eigenvalue weighted by atomic mass is 10.2. The number of carbonyl (C=O) groups is 2. The number of rotatable bonds is 7. The van der Waals surface area contributed by atoms with Crippen LogP contribution in [0.15, 0.2) is 40.3 Å². The van der Waals surface area contributed by atoms with Gasteiger partial charge in [-0.1, -0.05) is 30.0 Å². The van der Waals surface area contributed by atoms with E-state index < -0.39 is 11.5 Å². The van der Waals surface area contributed by atoms with E-state index >= 15 is 0 Å². The molecule has 0 unspecified atom stereocenters. The molecule has 3 rings (SSSR count). The summed E-state index contributed by atoms with van der Waals surface area (Å²) in [5.41, 5.74) is -0.166. The van der Waals surface area contributed by atoms with Crippen molar-refractivity contribution in [1.82, 2.24) is 9.97 Å². The third-order valence-electron chi connectivity index (χ3n) is 4.47. The zero-order valence-electron chi connectivity index (χ0n) is 15.7. The van der Waals surface area contributed by atoms with Gasteiger partial charge in [-0.2, -0.15) is 0 Å². The van der Waals surface area contributed by atoms with Crippen LogP contribution in [0, 0.1) is 0 Å². The van der Waals surface area contributed by atoms with E-state index in [9.17, 15) is 14.4 Å². The van der Waals surface area contributed by atoms with E-state index in [1.165, 1.54) is 44.6 Å². The first kappa shape index (κ1) is 20.1. The molecular weight excluding hydrogens is 378 g/mol. The Kier molecular flexibility index (Phi) is 6.83. The van der Waals surface area contributed by atoms with Crippen molar-refractivity contribution in [3.63, 3.8) is 0 Å². The quantitative estimate of drug-likeness (QED) is 0.404. The van der Waals surface area contributed by atoms with Crippen LogP contribution in [0.2, 0.25) is 0 Å². The van der Waals surface area contributed by atoms with Gasteiger partial charge in [0.1, 0.15) is 0 Å². The third kappa shape index (κ3) is 5.43. The Morgan fingerprint density at radius 3 is 2.57 bits per heavy atom. The van der Waals surface area contributed by atoms with Gasteiger partial charge in [0, 0.05) is 25.3 Å². The third-order valence-corrected chi connectivity index (χ3v) is 5.35. The van der Waals surface area contributed by atoms with Crippen LogP contribution in [0.5, 0.6) is 0 Å². The molecular formula is C19H24N5O3S+. The smallest absolute Gasteiger partial charge is 0.277 e. The number of amides is 2. The van der Waals surface area contributed by atoms with E-state index in [1.807, 2.05) is 0 Å². The molecule has 1 aromatic heterocycles. The molecule has 8 nitrogen and oxygen atoms in total. The highest BCUT2D eigenvalue weighted by molar-refractivity contribution is 7.99. The number of quaternary nitrogens is 1. The lowest BCUT2D eigenvalue weighted by Crippen LogP contribution is -3.10. The molecule has 4 N–H and O–H groups in total. The summed E-state index contributed by atoms with van der Waals surface area (Å²) in [5, 5.41) is 5.52. The average molecular weight is 403 g/mol. The minimum Gasteiger partial charge on any atom is -0.334 e. The fourth-order valence-electron chi connectivity index (χ4n) is 3.09. The van der Waals surface area contributed by atoms with E-state index in [0.717, 1.165) is 12.3 Å². The number of nitrogens with zero attached hydrogens (tertiary/aromatic N) is 1. The number of likely N-dealkylation sites (tertiary alicyclic amines) is 1. The van der Waals surface area contributed by atoms with Crippen LogP contribution in [0.3, 0.4) is 0 Å². The highest BCUT2D eigenvalue weighted by Crippen LogP contribution is 2.19. The Morgan fingerprint density at radius 2 is 1.89 bits per heavy atom. The predicted molar refractivity (Wildman–Crippen MR) is 109 cm³/mol. The number of anilines is 2. The molecule has 1 fully saturated rings. The lowest BCUT2D eigenvalue weighted by Gasteiger charge is -2.13. The number of nitrogens with one attached hydrogen (secondary N) is 4. The van der Waals surface area contributed by atoms with Crippen LogP contribution in [0.4, 0.5) is 11.5 Å². The van der Waals surface area contributed by atoms with Crippen LogP contribution >= 0.6 is 11.8 Å². The Bertz CT molecular complexity index is 894. The second kappa shape index (κ2) is 9.52. The number of carbonyl (C=O) groups excluding carboxylic acids is 2. The van der Waals surface area contributed by atoms with Gasteiger partial charge in [0.2, 0.25) is 5.91 Å². The van der Waals surface area contributed by atoms with Crippen molar-refractivity contribution >= 4 is 35.1 Å². The molecule has 0 saturated carbocycles. The van der Waals surface area contributed by atoms with Crippen molar-refractivity contribution < 1.29 is 14.5 Å². The summed E-state index contributed by atoms with van der Waals surface area (Å²) in [6.07, 6.45) is 2.52. The Hall–Kier alpha value is -2.65. The Morgan fingerprint density at radius 1 is 1.18 bits per heavy atom. The van der Waals surface area contributed by atoms with Gasteiger partial charge in [0.05, 0.1) is 25.4 Å². The standard InChI is InChI=1S/C19H23N5O3S/c1-13(25)20-16-15(21-17(26)14-7-3-2-4-8-14)18(27)23-19(22-16)28-12-11-24-9-5-6-10-24/h2-4,7-8H,5-6,9-12H2,1H3,(H,21,26)(H2,20,22,23,25,27)/p+1. The maximum absolute atomic E-state index is 12.5. The first-order valence-electron chi connectivity index (χ1n) is 9.27. The number of benzene rings is 1. The van der Waals surface area contributed by atoms with Gasteiger partial charge < -0.3 is 15.5 Å². The van der Waals surface area contributed by atoms with Crippen LogP contribution in [0.25, 0.3) is 0 Å². The highest BCUT2D eigenvalue weighted by Gasteiger charge is 2.18. The number of H-pyrrole nitrogens is 1. The zero-order valence-corrected chi connectivity index (χ0v) is 16.5. The molecule has 2 amide bonds. The summed E-state index contributed by atoms with van der Waals surface area (Å²) < 4.78 is 0. The molecule has 0 aliphatic carbocycles. The van der Waals surface area contributed by atoms with Gasteiger partial charge in [-0.25, -0.2) is 4.98 Å². The van der Waals surface area contributed by atoms with E-state index in [1.54, 1.807) is 35.2 Å². The molecule has 2 aromatic rings. The van der Waals surface area contributed by atoms with E-state index in [4.69, 9.17) is 0 Å². The number of hydrogen-bond acceptors (Lipinski definition) is 5. The van der Waals surface area contributed by atoms with Crippen molar-refractivity contribution in [1.29, 1.82) is 0 Å². The van der Waals surface area contributed by atoms with Crippen molar-refractivity contribution in [3.05, 3.63) is 46.2 Å². The number of aromatic amines is 1. The molecule has 9 heteroatoms. The molecule has 0 radical (unpaired) electrons. The van der Waals surface area contributed by atoms with Crippen LogP contribution in [-0.2, 0) is 4.79 Å². The molecule has 2 heterocycles. The van der Waals surface area contributed by atoms with Crippen LogP contribution < -0.4 is 21.1 Å². The monoisotopic (exact) mass is 402 g/mol. The topological polar surface area (TPSA) is 108 Å². The second-order valence-electron chi connectivity index (χ2n) is 6.65. The first-order chi connectivity index (χ1) is 13.5. The van der Waals surface area contributed by atoms with E-state index in [0.29, 0.717) is 10.7 Å². The molecule has 0 atom stereocenters. The summed E-state index contributed by atoms with van der Waals surface area (Å²) in [4.78, 5) is 45.1. The first-order valence-corrected chi connectivity index (χ1v) is 10.3. The summed E-state index contributed by atoms with van der Waals surface area (Å²) in [5.74, 6) is 0.0490. The molecule has 1 aliphatic rings. The summed E-state index contributed by atoms with van der Waals surface area (Å²) in [6, 6.07) is 8.53. The van der Waals surface area contributed by atoms with Crippen LogP contribution in [-0.4, -0.2) is 47.2 Å². The van der Waals surface area contributed by atoms with E-state index in [2.05, 4.69) is 20.6 Å². The van der Waals surface area contributed by atoms with Crippen molar-refractivity contribution in [2.45, 2.75) is 24.9 Å². The summed E-state index contributed by atoms with van der Waals surface area (Å²) in [6.45, 7) is 4.70. The second-order valence-corrected chi connectivity index (χ2v) is 7.74. The minimum absolute atomic E-state index is 0.0524. The van der Waals surface area contributed by atoms with Gasteiger partial charge >= 0.3 is 0 Å². The maximum atomic E-state index is 12.5. The molecule has 0 bridgehead atoms. The maximum Gasteiger partial charge on any atom is 0.277 e. The van der Waals surface area contributed by atoms with Crippen molar-refractivity contribution in [2.24, 2.45) is 0 Å². The molecule has 1 saturated heterocycles. The molecule has 148 valence electrons. The molecule has 28 heavy (non-hydrogen) atoms. The number of thioether (sulfide) groups is 1. The zero-order chi connectivity index (χ0) is 19.9. The van der Waals surface area contributed by atoms with Gasteiger partial charge in [-0.3, -0.25) is 19.4 Å². The Labute approximate surface area is 167 Å². The summed E-state index contributed by atoms with van der Waals surface area (Å²) >= 11 is 1.44. The van der Waals surface area contributed by atoms with Crippen molar-refractivity contribution in [3.8, 4) is 0 Å². The molecule has 1 aliphatic heterocycles. The lowest BCUT2D eigenvalue weighted by molar-refractivity contribution is -0.884. The highest BCUT2D eigenvalue weighted by atomic mass is 32.2. The number of hydrogen-bond donors (Lipinski definition) is 4. The predicted octanol–water partition coefficient (Wildman–Crippen LogP) is 0.751. The van der Waals surface area contributed by atoms with E-state index in [-0.39, 0.29) is 17.4 Å². The Balaban J connectivity index is 1.75. The summed E-state index contributed by atoms with van der Waals surface area (Å²) in [7, 11) is 0. The average Bonchev–Trinajstić information content (AvgIpc) is 3.18. The van der Waals surface area contributed by atoms with Crippen LogP contribution in [0.1, 0.15) is 30.1 Å². The van der Waals surface area contributed by atoms with Gasteiger partial charge in [0.15, 0.2) is 16.7 Å². The normalized spacial score (nSPS) is 14.0. The van der Waals surface area contributed by atoms with Gasteiger partial charge in [-0.05, 0) is 12.1 Å². The molecule has 1 aromatic carbocycles. The SMILES string of the molecule is CC(=O)Nc1nc(SCC[NH+]2CCCC2)[nH]c(=O)c1NC(=O)c1ccccc1. The van der Waals surface area contributed by atoms with Gasteiger partial charge in [0.25, 0.3) is 11.5 Å². The fraction of sp³-hybridized carbons (Fsp3) is 0.368. The number of aromatic nitrogens is 2. The van der Waals surface area contributed by atoms with Gasteiger partial charge in [-0.15, -0.1) is 0 Å². The largest absolute Gasteiger partial charge is 0.334 e. The van der Waals surface area contributed by atoms with Crippen molar-refractivity contribution in [2.75, 3.05) is 36.0 Å². The molecule has 0 spiro atoms. The fourth-order valence-corrected chi connectivity index (χ4v) is 3.99.